The number of fused-ring (bicyclic) bond motifs is 2. The molecule has 1 aliphatic carbocycles. The van der Waals surface area contributed by atoms with Crippen LogP contribution in [-0.2, 0) is 4.79 Å². The summed E-state index contributed by atoms with van der Waals surface area (Å²) in [6.45, 7) is 2.31. The second-order valence-electron chi connectivity index (χ2n) is 8.69. The van der Waals surface area contributed by atoms with E-state index in [1.165, 1.54) is 11.1 Å². The maximum Gasteiger partial charge on any atom is 0.231 e. The molecule has 0 spiro atoms. The Morgan fingerprint density at radius 2 is 1.59 bits per heavy atom. The smallest absolute Gasteiger partial charge is 0.231 e. The summed E-state index contributed by atoms with van der Waals surface area (Å²) in [5.74, 6) is 1.80. The van der Waals surface area contributed by atoms with Crippen molar-refractivity contribution in [1.29, 1.82) is 0 Å². The number of hydrogen-bond acceptors (Lipinski definition) is 5. The molecule has 3 aromatic rings. The van der Waals surface area contributed by atoms with Gasteiger partial charge in [-0.15, -0.1) is 0 Å². The number of nitrogens with one attached hydrogen (secondary N) is 2. The highest BCUT2D eigenvalue weighted by Gasteiger charge is 2.36. The van der Waals surface area contributed by atoms with Gasteiger partial charge in [-0.2, -0.15) is 0 Å². The van der Waals surface area contributed by atoms with Crippen LogP contribution in [0, 0.1) is 6.92 Å². The zero-order chi connectivity index (χ0) is 21.7. The Balaban J connectivity index is 1.45. The van der Waals surface area contributed by atoms with Gasteiger partial charge in [-0.25, -0.2) is 0 Å². The van der Waals surface area contributed by atoms with E-state index in [-0.39, 0.29) is 24.5 Å². The van der Waals surface area contributed by atoms with Crippen molar-refractivity contribution in [2.24, 2.45) is 0 Å². The third kappa shape index (κ3) is 3.21. The van der Waals surface area contributed by atoms with Gasteiger partial charge in [0.25, 0.3) is 0 Å². The number of carbonyl (C=O) groups is 1. The molecule has 6 rings (SSSR count). The van der Waals surface area contributed by atoms with Crippen molar-refractivity contribution in [3.8, 4) is 11.5 Å². The van der Waals surface area contributed by atoms with Crippen LogP contribution in [0.4, 0.5) is 11.4 Å². The largest absolute Gasteiger partial charge is 0.454 e. The number of para-hydroxylation sites is 2. The van der Waals surface area contributed by atoms with E-state index in [2.05, 4.69) is 47.9 Å². The van der Waals surface area contributed by atoms with E-state index >= 15 is 0 Å². The first-order chi connectivity index (χ1) is 15.7. The van der Waals surface area contributed by atoms with Gasteiger partial charge in [0.1, 0.15) is 0 Å². The van der Waals surface area contributed by atoms with Gasteiger partial charge in [-0.05, 0) is 54.7 Å². The summed E-state index contributed by atoms with van der Waals surface area (Å²) in [5.41, 5.74) is 7.19. The quantitative estimate of drug-likeness (QED) is 0.552. The lowest BCUT2D eigenvalue weighted by Crippen LogP contribution is -2.26. The predicted octanol–water partition coefficient (Wildman–Crippen LogP) is 5.70. The summed E-state index contributed by atoms with van der Waals surface area (Å²) in [4.78, 5) is 13.6. The summed E-state index contributed by atoms with van der Waals surface area (Å²) < 4.78 is 11.1. The summed E-state index contributed by atoms with van der Waals surface area (Å²) in [6.07, 6.45) is 1.30. The molecule has 0 radical (unpaired) electrons. The maximum atomic E-state index is 13.6. The lowest BCUT2D eigenvalue weighted by atomic mass is 9.78. The van der Waals surface area contributed by atoms with E-state index < -0.39 is 0 Å². The summed E-state index contributed by atoms with van der Waals surface area (Å²) in [6, 6.07) is 22.3. The molecule has 0 saturated carbocycles. The van der Waals surface area contributed by atoms with Gasteiger partial charge < -0.3 is 20.1 Å². The Labute approximate surface area is 187 Å². The first-order valence-electron chi connectivity index (χ1n) is 11.0. The van der Waals surface area contributed by atoms with Crippen LogP contribution in [0.25, 0.3) is 0 Å². The Morgan fingerprint density at radius 3 is 2.44 bits per heavy atom. The van der Waals surface area contributed by atoms with Crippen molar-refractivity contribution < 1.29 is 14.3 Å². The molecule has 5 heteroatoms. The molecule has 0 amide bonds. The average Bonchev–Trinajstić information content (AvgIpc) is 3.20. The van der Waals surface area contributed by atoms with Crippen LogP contribution in [-0.4, -0.2) is 12.6 Å². The van der Waals surface area contributed by atoms with Crippen LogP contribution in [0.3, 0.4) is 0 Å². The normalized spacial score (nSPS) is 21.2. The fraction of sp³-hybridized carbons (Fsp3) is 0.222. The highest BCUT2D eigenvalue weighted by Crippen LogP contribution is 2.45. The zero-order valence-electron chi connectivity index (χ0n) is 17.9. The van der Waals surface area contributed by atoms with E-state index in [1.807, 2.05) is 36.4 Å². The lowest BCUT2D eigenvalue weighted by molar-refractivity contribution is -0.116. The number of benzene rings is 3. The molecule has 2 N–H and O–H groups in total. The number of ketones is 1. The number of anilines is 2. The highest BCUT2D eigenvalue weighted by molar-refractivity contribution is 6.01. The average molecular weight is 425 g/mol. The molecule has 3 aromatic carbocycles. The monoisotopic (exact) mass is 424 g/mol. The van der Waals surface area contributed by atoms with E-state index in [0.29, 0.717) is 6.42 Å². The minimum Gasteiger partial charge on any atom is -0.454 e. The number of allylic oxidation sites excluding steroid dienone is 1. The number of rotatable bonds is 2. The lowest BCUT2D eigenvalue weighted by Gasteiger charge is -2.30. The van der Waals surface area contributed by atoms with E-state index in [1.54, 1.807) is 0 Å². The third-order valence-electron chi connectivity index (χ3n) is 6.59. The van der Waals surface area contributed by atoms with Crippen molar-refractivity contribution in [2.45, 2.75) is 31.7 Å². The molecule has 0 saturated heterocycles. The molecule has 160 valence electrons. The molecule has 2 aliphatic heterocycles. The molecular weight excluding hydrogens is 400 g/mol. The van der Waals surface area contributed by atoms with E-state index in [9.17, 15) is 4.79 Å². The number of carbonyl (C=O) groups excluding carboxylic acids is 1. The molecular formula is C27H24N2O3. The minimum absolute atomic E-state index is 0.164. The van der Waals surface area contributed by atoms with Gasteiger partial charge in [0.2, 0.25) is 6.79 Å². The van der Waals surface area contributed by atoms with Crippen LogP contribution in [0.5, 0.6) is 11.5 Å². The van der Waals surface area contributed by atoms with Crippen molar-refractivity contribution in [3.05, 3.63) is 94.7 Å². The second kappa shape index (κ2) is 7.45. The van der Waals surface area contributed by atoms with Crippen LogP contribution in [0.15, 0.2) is 78.0 Å². The van der Waals surface area contributed by atoms with Gasteiger partial charge >= 0.3 is 0 Å². The van der Waals surface area contributed by atoms with Crippen LogP contribution < -0.4 is 20.1 Å². The number of ether oxygens (including phenoxy) is 2. The Kier molecular flexibility index (Phi) is 4.42. The topological polar surface area (TPSA) is 59.6 Å². The van der Waals surface area contributed by atoms with Crippen LogP contribution >= 0.6 is 0 Å². The summed E-state index contributed by atoms with van der Waals surface area (Å²) in [5, 5.41) is 7.22. The Morgan fingerprint density at radius 1 is 0.844 bits per heavy atom. The summed E-state index contributed by atoms with van der Waals surface area (Å²) >= 11 is 0. The van der Waals surface area contributed by atoms with Crippen LogP contribution in [0.2, 0.25) is 0 Å². The highest BCUT2D eigenvalue weighted by atomic mass is 16.7. The van der Waals surface area contributed by atoms with E-state index in [4.69, 9.17) is 9.47 Å². The van der Waals surface area contributed by atoms with Crippen molar-refractivity contribution in [1.82, 2.24) is 0 Å². The van der Waals surface area contributed by atoms with Gasteiger partial charge in [0, 0.05) is 17.7 Å². The standard InChI is InChI=1S/C27H24N2O3/c1-16-6-8-17(9-7-16)19-12-22-26(23(30)13-19)27(29-21-5-3-2-4-20(21)28-22)18-10-11-24-25(14-18)32-15-31-24/h2-11,14,19,27-29H,12-13,15H2,1H3. The minimum atomic E-state index is -0.262. The maximum absolute atomic E-state index is 13.6. The fourth-order valence-corrected chi connectivity index (χ4v) is 4.91. The third-order valence-corrected chi connectivity index (χ3v) is 6.59. The zero-order valence-corrected chi connectivity index (χ0v) is 17.9. The van der Waals surface area contributed by atoms with Gasteiger partial charge in [-0.1, -0.05) is 48.0 Å². The number of aryl methyl sites for hydroxylation is 1. The van der Waals surface area contributed by atoms with Crippen molar-refractivity contribution in [2.75, 3.05) is 17.4 Å². The molecule has 32 heavy (non-hydrogen) atoms. The van der Waals surface area contributed by atoms with Crippen molar-refractivity contribution >= 4 is 17.2 Å². The molecule has 0 fully saturated rings. The Bertz CT molecular complexity index is 1250. The van der Waals surface area contributed by atoms with Gasteiger partial charge in [0.15, 0.2) is 17.3 Å². The predicted molar refractivity (Wildman–Crippen MR) is 124 cm³/mol. The molecule has 0 bridgehead atoms. The van der Waals surface area contributed by atoms with Crippen molar-refractivity contribution in [3.63, 3.8) is 0 Å². The van der Waals surface area contributed by atoms with Crippen LogP contribution in [0.1, 0.15) is 41.5 Å². The molecule has 2 atom stereocenters. The van der Waals surface area contributed by atoms with Gasteiger partial charge in [0.05, 0.1) is 17.4 Å². The molecule has 0 aromatic heterocycles. The summed E-state index contributed by atoms with van der Waals surface area (Å²) in [7, 11) is 0. The molecule has 2 unspecified atom stereocenters. The number of hydrogen-bond donors (Lipinski definition) is 2. The Hall–Kier alpha value is -3.73. The first-order valence-corrected chi connectivity index (χ1v) is 11.0. The second-order valence-corrected chi connectivity index (χ2v) is 8.69. The fourth-order valence-electron chi connectivity index (χ4n) is 4.91. The van der Waals surface area contributed by atoms with E-state index in [0.717, 1.165) is 46.1 Å². The SMILES string of the molecule is Cc1ccc(C2CC(=O)C3=C(C2)Nc2ccccc2NC3c2ccc3c(c2)OCO3)cc1. The molecule has 2 heterocycles. The van der Waals surface area contributed by atoms with Gasteiger partial charge in [-0.3, -0.25) is 4.79 Å². The first kappa shape index (κ1) is 19.0. The molecule has 3 aliphatic rings. The molecule has 5 nitrogen and oxygen atoms in total. The number of Topliss-reactive ketones (excluding diaryl/α,β-unsaturated/α-hetero) is 1.